The molecule has 1 amide bonds. The van der Waals surface area contributed by atoms with Crippen molar-refractivity contribution in [3.63, 3.8) is 0 Å². The summed E-state index contributed by atoms with van der Waals surface area (Å²) in [7, 11) is -0.990. The highest BCUT2D eigenvalue weighted by Gasteiger charge is 2.16. The molecule has 0 unspecified atom stereocenters. The van der Waals surface area contributed by atoms with Gasteiger partial charge in [-0.2, -0.15) is 0 Å². The molecule has 0 spiro atoms. The second-order valence-corrected chi connectivity index (χ2v) is 6.66. The van der Waals surface area contributed by atoms with E-state index in [-0.39, 0.29) is 4.90 Å². The summed E-state index contributed by atoms with van der Waals surface area (Å²) in [5.41, 5.74) is 0.370. The number of carbonyl (C=O) groups excluding carboxylic acids is 1. The van der Waals surface area contributed by atoms with E-state index in [1.165, 1.54) is 14.2 Å². The second-order valence-electron chi connectivity index (χ2n) is 4.89. The highest BCUT2D eigenvalue weighted by atomic mass is 32.2. The number of rotatable bonds is 7. The number of anilines is 1. The van der Waals surface area contributed by atoms with Gasteiger partial charge in [-0.3, -0.25) is 4.79 Å². The molecular formula is C16H17FN2O5S. The number of halogens is 1. The van der Waals surface area contributed by atoms with E-state index in [0.717, 1.165) is 24.3 Å². The van der Waals surface area contributed by atoms with E-state index >= 15 is 0 Å². The summed E-state index contributed by atoms with van der Waals surface area (Å²) < 4.78 is 49.3. The van der Waals surface area contributed by atoms with Crippen LogP contribution < -0.4 is 19.5 Å². The van der Waals surface area contributed by atoms with Gasteiger partial charge in [-0.1, -0.05) is 0 Å². The first kappa shape index (κ1) is 18.7. The maximum Gasteiger partial charge on any atom is 0.241 e. The molecule has 2 rings (SSSR count). The minimum absolute atomic E-state index is 0.135. The Labute approximate surface area is 144 Å². The Morgan fingerprint density at radius 3 is 2.36 bits per heavy atom. The van der Waals surface area contributed by atoms with Crippen molar-refractivity contribution in [1.29, 1.82) is 0 Å². The lowest BCUT2D eigenvalue weighted by molar-refractivity contribution is -0.115. The number of carbonyl (C=O) groups is 1. The van der Waals surface area contributed by atoms with Crippen LogP contribution in [0.1, 0.15) is 0 Å². The minimum atomic E-state index is -3.92. The predicted octanol–water partition coefficient (Wildman–Crippen LogP) is 1.76. The number of amides is 1. The van der Waals surface area contributed by atoms with Gasteiger partial charge >= 0.3 is 0 Å². The SMILES string of the molecule is COc1ccc(NC(=O)CNS(=O)(=O)c2ccc(F)cc2)c(OC)c1. The molecule has 0 aromatic heterocycles. The van der Waals surface area contributed by atoms with Crippen LogP contribution in [0.5, 0.6) is 11.5 Å². The van der Waals surface area contributed by atoms with Crippen LogP contribution in [-0.2, 0) is 14.8 Å². The van der Waals surface area contributed by atoms with Crippen molar-refractivity contribution >= 4 is 21.6 Å². The maximum atomic E-state index is 12.9. The Balaban J connectivity index is 2.02. The van der Waals surface area contributed by atoms with Crippen LogP contribution in [0.3, 0.4) is 0 Å². The van der Waals surface area contributed by atoms with E-state index < -0.39 is 28.3 Å². The molecule has 0 aliphatic rings. The number of sulfonamides is 1. The lowest BCUT2D eigenvalue weighted by Gasteiger charge is -2.12. The van der Waals surface area contributed by atoms with Gasteiger partial charge in [0.2, 0.25) is 15.9 Å². The first-order valence-electron chi connectivity index (χ1n) is 7.13. The molecule has 0 aliphatic carbocycles. The van der Waals surface area contributed by atoms with Crippen LogP contribution in [0.15, 0.2) is 47.4 Å². The highest BCUT2D eigenvalue weighted by molar-refractivity contribution is 7.89. The Hall–Kier alpha value is -2.65. The van der Waals surface area contributed by atoms with Crippen LogP contribution in [-0.4, -0.2) is 35.1 Å². The standard InChI is InChI=1S/C16H17FN2O5S/c1-23-12-5-8-14(15(9-12)24-2)19-16(20)10-18-25(21,22)13-6-3-11(17)4-7-13/h3-9,18H,10H2,1-2H3,(H,19,20). The molecule has 0 aliphatic heterocycles. The first-order chi connectivity index (χ1) is 11.9. The quantitative estimate of drug-likeness (QED) is 0.777. The lowest BCUT2D eigenvalue weighted by Crippen LogP contribution is -2.33. The summed E-state index contributed by atoms with van der Waals surface area (Å²) in [6, 6.07) is 9.06. The fourth-order valence-corrected chi connectivity index (χ4v) is 2.94. The first-order valence-corrected chi connectivity index (χ1v) is 8.61. The van der Waals surface area contributed by atoms with E-state index in [9.17, 15) is 17.6 Å². The van der Waals surface area contributed by atoms with Crippen LogP contribution in [0.4, 0.5) is 10.1 Å². The van der Waals surface area contributed by atoms with Gasteiger partial charge in [-0.25, -0.2) is 17.5 Å². The van der Waals surface area contributed by atoms with Gasteiger partial charge < -0.3 is 14.8 Å². The number of ether oxygens (including phenoxy) is 2. The monoisotopic (exact) mass is 368 g/mol. The Bertz CT molecular complexity index is 853. The summed E-state index contributed by atoms with van der Waals surface area (Å²) in [6.45, 7) is -0.491. The van der Waals surface area contributed by atoms with E-state index in [1.54, 1.807) is 18.2 Å². The van der Waals surface area contributed by atoms with E-state index in [0.29, 0.717) is 17.2 Å². The van der Waals surface area contributed by atoms with Crippen molar-refractivity contribution in [2.24, 2.45) is 0 Å². The molecule has 25 heavy (non-hydrogen) atoms. The molecule has 0 heterocycles. The predicted molar refractivity (Wildman–Crippen MR) is 89.8 cm³/mol. The molecule has 2 aromatic rings. The van der Waals surface area contributed by atoms with Gasteiger partial charge in [0, 0.05) is 6.07 Å². The summed E-state index contributed by atoms with van der Waals surface area (Å²) in [5.74, 6) is -0.224. The van der Waals surface area contributed by atoms with E-state index in [2.05, 4.69) is 10.0 Å². The molecule has 0 saturated heterocycles. The topological polar surface area (TPSA) is 93.7 Å². The van der Waals surface area contributed by atoms with Gasteiger partial charge in [0.05, 0.1) is 31.3 Å². The van der Waals surface area contributed by atoms with Crippen LogP contribution >= 0.6 is 0 Å². The summed E-state index contributed by atoms with van der Waals surface area (Å²) >= 11 is 0. The van der Waals surface area contributed by atoms with Crippen molar-refractivity contribution in [3.05, 3.63) is 48.3 Å². The lowest BCUT2D eigenvalue weighted by atomic mass is 10.2. The zero-order valence-corrected chi connectivity index (χ0v) is 14.4. The van der Waals surface area contributed by atoms with Gasteiger partial charge in [-0.05, 0) is 36.4 Å². The van der Waals surface area contributed by atoms with Gasteiger partial charge in [0.1, 0.15) is 17.3 Å². The summed E-state index contributed by atoms with van der Waals surface area (Å²) in [5, 5.41) is 2.54. The van der Waals surface area contributed by atoms with E-state index in [1.807, 2.05) is 0 Å². The average molecular weight is 368 g/mol. The molecule has 134 valence electrons. The summed E-state index contributed by atoms with van der Waals surface area (Å²) in [6.07, 6.45) is 0. The molecular weight excluding hydrogens is 351 g/mol. The smallest absolute Gasteiger partial charge is 0.241 e. The molecule has 0 radical (unpaired) electrons. The number of nitrogens with one attached hydrogen (secondary N) is 2. The summed E-state index contributed by atoms with van der Waals surface area (Å²) in [4.78, 5) is 11.8. The fourth-order valence-electron chi connectivity index (χ4n) is 1.95. The zero-order valence-electron chi connectivity index (χ0n) is 13.6. The van der Waals surface area contributed by atoms with Crippen molar-refractivity contribution < 1.29 is 27.1 Å². The van der Waals surface area contributed by atoms with Crippen molar-refractivity contribution in [2.75, 3.05) is 26.1 Å². The molecule has 0 bridgehead atoms. The van der Waals surface area contributed by atoms with Crippen molar-refractivity contribution in [2.45, 2.75) is 4.90 Å². The minimum Gasteiger partial charge on any atom is -0.497 e. The third-order valence-corrected chi connectivity index (χ3v) is 4.65. The molecule has 0 atom stereocenters. The molecule has 9 heteroatoms. The molecule has 0 saturated carbocycles. The van der Waals surface area contributed by atoms with Crippen LogP contribution in [0, 0.1) is 5.82 Å². The number of benzene rings is 2. The van der Waals surface area contributed by atoms with Crippen molar-refractivity contribution in [3.8, 4) is 11.5 Å². The number of hydrogen-bond acceptors (Lipinski definition) is 5. The number of hydrogen-bond donors (Lipinski definition) is 2. The van der Waals surface area contributed by atoms with Gasteiger partial charge in [0.25, 0.3) is 0 Å². The molecule has 2 aromatic carbocycles. The van der Waals surface area contributed by atoms with Crippen molar-refractivity contribution in [1.82, 2.24) is 4.72 Å². The fraction of sp³-hybridized carbons (Fsp3) is 0.188. The molecule has 7 nitrogen and oxygen atoms in total. The zero-order chi connectivity index (χ0) is 18.4. The Kier molecular flexibility index (Phi) is 5.94. The van der Waals surface area contributed by atoms with Gasteiger partial charge in [0.15, 0.2) is 0 Å². The van der Waals surface area contributed by atoms with Gasteiger partial charge in [-0.15, -0.1) is 0 Å². The van der Waals surface area contributed by atoms with E-state index in [4.69, 9.17) is 9.47 Å². The second kappa shape index (κ2) is 7.95. The van der Waals surface area contributed by atoms with Crippen LogP contribution in [0.25, 0.3) is 0 Å². The maximum absolute atomic E-state index is 12.9. The Morgan fingerprint density at radius 2 is 1.76 bits per heavy atom. The largest absolute Gasteiger partial charge is 0.497 e. The highest BCUT2D eigenvalue weighted by Crippen LogP contribution is 2.28. The molecule has 0 fully saturated rings. The third-order valence-electron chi connectivity index (χ3n) is 3.23. The van der Waals surface area contributed by atoms with Crippen LogP contribution in [0.2, 0.25) is 0 Å². The normalized spacial score (nSPS) is 11.0. The average Bonchev–Trinajstić information content (AvgIpc) is 2.61. The Morgan fingerprint density at radius 1 is 1.08 bits per heavy atom. The molecule has 2 N–H and O–H groups in total. The number of methoxy groups -OCH3 is 2. The third kappa shape index (κ3) is 4.91.